The molecule has 2 saturated carbocycles. The number of halogens is 1. The van der Waals surface area contributed by atoms with Crippen LogP contribution in [0.4, 0.5) is 0 Å². The van der Waals surface area contributed by atoms with E-state index in [1.165, 1.54) is 0 Å². The van der Waals surface area contributed by atoms with E-state index in [4.69, 9.17) is 0 Å². The van der Waals surface area contributed by atoms with Crippen molar-refractivity contribution in [3.63, 3.8) is 0 Å². The Morgan fingerprint density at radius 3 is 1.87 bits per heavy atom. The minimum Gasteiger partial charge on any atom is -0.390 e. The Bertz CT molecular complexity index is 251. The van der Waals surface area contributed by atoms with Gasteiger partial charge in [-0.1, -0.05) is 29.5 Å². The van der Waals surface area contributed by atoms with Gasteiger partial charge in [0.05, 0.1) is 16.8 Å². The van der Waals surface area contributed by atoms with Crippen molar-refractivity contribution in [2.45, 2.75) is 66.2 Å². The maximum Gasteiger partial charge on any atom is 0.0816 e. The molecule has 0 heterocycles. The molecule has 2 aliphatic carbocycles. The maximum absolute atomic E-state index is 10.5. The lowest BCUT2D eigenvalue weighted by Crippen LogP contribution is -2.61. The van der Waals surface area contributed by atoms with Crippen molar-refractivity contribution in [2.24, 2.45) is 0 Å². The first-order valence-electron chi connectivity index (χ1n) is 5.58. The van der Waals surface area contributed by atoms with Crippen LogP contribution >= 0.6 is 22.6 Å². The van der Waals surface area contributed by atoms with E-state index in [2.05, 4.69) is 22.6 Å². The second-order valence-electron chi connectivity index (χ2n) is 5.55. The SMILES string of the molecule is CC(I)C1(O)CC2(O)CCCC(O)(C2)C1. The molecular weight excluding hydrogens is 307 g/mol. The summed E-state index contributed by atoms with van der Waals surface area (Å²) in [6, 6.07) is 0. The lowest BCUT2D eigenvalue weighted by Gasteiger charge is -2.54. The van der Waals surface area contributed by atoms with Crippen molar-refractivity contribution in [3.05, 3.63) is 0 Å². The van der Waals surface area contributed by atoms with E-state index in [0.717, 1.165) is 6.42 Å². The molecule has 2 rings (SSSR count). The van der Waals surface area contributed by atoms with Crippen molar-refractivity contribution >= 4 is 22.6 Å². The highest BCUT2D eigenvalue weighted by Gasteiger charge is 2.56. The number of hydrogen-bond donors (Lipinski definition) is 3. The number of hydrogen-bond acceptors (Lipinski definition) is 3. The molecule has 3 unspecified atom stereocenters. The largest absolute Gasteiger partial charge is 0.390 e. The minimum atomic E-state index is -0.914. The van der Waals surface area contributed by atoms with Gasteiger partial charge in [-0.3, -0.25) is 0 Å². The van der Waals surface area contributed by atoms with Crippen LogP contribution in [0.3, 0.4) is 0 Å². The molecule has 0 amide bonds. The minimum absolute atomic E-state index is 0.0477. The molecule has 88 valence electrons. The summed E-state index contributed by atoms with van der Waals surface area (Å²) in [5.41, 5.74) is -2.61. The molecule has 0 spiro atoms. The fourth-order valence-corrected chi connectivity index (χ4v) is 3.76. The highest BCUT2D eigenvalue weighted by Crippen LogP contribution is 2.51. The van der Waals surface area contributed by atoms with Crippen LogP contribution in [0.15, 0.2) is 0 Å². The molecule has 2 bridgehead atoms. The quantitative estimate of drug-likeness (QED) is 0.504. The van der Waals surface area contributed by atoms with Gasteiger partial charge in [0.1, 0.15) is 0 Å². The highest BCUT2D eigenvalue weighted by molar-refractivity contribution is 14.1. The summed E-state index contributed by atoms with van der Waals surface area (Å²) < 4.78 is 0.0477. The van der Waals surface area contributed by atoms with Crippen LogP contribution < -0.4 is 0 Å². The van der Waals surface area contributed by atoms with Crippen LogP contribution in [0.2, 0.25) is 0 Å². The van der Waals surface area contributed by atoms with Crippen molar-refractivity contribution in [2.75, 3.05) is 0 Å². The van der Waals surface area contributed by atoms with Crippen LogP contribution in [0.25, 0.3) is 0 Å². The molecule has 0 aliphatic heterocycles. The lowest BCUT2D eigenvalue weighted by atomic mass is 9.60. The normalized spacial score (nSPS) is 52.6. The van der Waals surface area contributed by atoms with Crippen LogP contribution in [-0.2, 0) is 0 Å². The zero-order chi connectivity index (χ0) is 11.3. The third kappa shape index (κ3) is 2.18. The van der Waals surface area contributed by atoms with Crippen molar-refractivity contribution in [1.29, 1.82) is 0 Å². The Morgan fingerprint density at radius 2 is 1.47 bits per heavy atom. The Kier molecular flexibility index (Phi) is 2.86. The van der Waals surface area contributed by atoms with Gasteiger partial charge in [-0.15, -0.1) is 0 Å². The monoisotopic (exact) mass is 326 g/mol. The summed E-state index contributed by atoms with van der Waals surface area (Å²) >= 11 is 2.18. The summed E-state index contributed by atoms with van der Waals surface area (Å²) in [5.74, 6) is 0. The van der Waals surface area contributed by atoms with Gasteiger partial charge in [0.15, 0.2) is 0 Å². The second kappa shape index (κ2) is 3.55. The zero-order valence-electron chi connectivity index (χ0n) is 9.04. The molecule has 2 fully saturated rings. The highest BCUT2D eigenvalue weighted by atomic mass is 127. The Labute approximate surface area is 104 Å². The van der Waals surface area contributed by atoms with E-state index < -0.39 is 16.8 Å². The van der Waals surface area contributed by atoms with Crippen LogP contribution in [0.1, 0.15) is 45.4 Å². The van der Waals surface area contributed by atoms with Crippen LogP contribution in [0.5, 0.6) is 0 Å². The Balaban J connectivity index is 2.28. The molecule has 3 nitrogen and oxygen atoms in total. The first-order chi connectivity index (χ1) is 6.77. The van der Waals surface area contributed by atoms with E-state index in [9.17, 15) is 15.3 Å². The smallest absolute Gasteiger partial charge is 0.0816 e. The molecular formula is C11H19IO3. The third-order valence-corrected chi connectivity index (χ3v) is 5.11. The summed E-state index contributed by atoms with van der Waals surface area (Å²) in [5, 5.41) is 31.1. The molecule has 4 heteroatoms. The van der Waals surface area contributed by atoms with E-state index in [-0.39, 0.29) is 3.92 Å². The van der Waals surface area contributed by atoms with Gasteiger partial charge in [-0.25, -0.2) is 0 Å². The number of fused-ring (bicyclic) bond motifs is 2. The standard InChI is InChI=1S/C11H19IO3/c1-8(12)11(15)6-9(13)3-2-4-10(14,5-9)7-11/h8,13-15H,2-7H2,1H3. The number of alkyl halides is 1. The molecule has 0 radical (unpaired) electrons. The zero-order valence-corrected chi connectivity index (χ0v) is 11.2. The average molecular weight is 326 g/mol. The van der Waals surface area contributed by atoms with Gasteiger partial charge >= 0.3 is 0 Å². The molecule has 3 N–H and O–H groups in total. The summed E-state index contributed by atoms with van der Waals surface area (Å²) in [4.78, 5) is 0. The predicted molar refractivity (Wildman–Crippen MR) is 66.0 cm³/mol. The van der Waals surface area contributed by atoms with Crippen molar-refractivity contribution in [1.82, 2.24) is 0 Å². The summed E-state index contributed by atoms with van der Waals surface area (Å²) in [6.45, 7) is 1.94. The first kappa shape index (κ1) is 12.1. The third-order valence-electron chi connectivity index (χ3n) is 3.95. The van der Waals surface area contributed by atoms with E-state index in [1.807, 2.05) is 6.92 Å². The summed E-state index contributed by atoms with van der Waals surface area (Å²) in [7, 11) is 0. The fraction of sp³-hybridized carbons (Fsp3) is 1.00. The van der Waals surface area contributed by atoms with Gasteiger partial charge < -0.3 is 15.3 Å². The van der Waals surface area contributed by atoms with E-state index in [1.54, 1.807) is 0 Å². The molecule has 0 aromatic carbocycles. The molecule has 2 aliphatic rings. The fourth-order valence-electron chi connectivity index (χ4n) is 3.32. The van der Waals surface area contributed by atoms with E-state index in [0.29, 0.717) is 32.1 Å². The van der Waals surface area contributed by atoms with Crippen LogP contribution in [-0.4, -0.2) is 36.0 Å². The average Bonchev–Trinajstić information content (AvgIpc) is 1.98. The maximum atomic E-state index is 10.5. The molecule has 0 saturated heterocycles. The van der Waals surface area contributed by atoms with Crippen LogP contribution in [0, 0.1) is 0 Å². The first-order valence-corrected chi connectivity index (χ1v) is 6.83. The van der Waals surface area contributed by atoms with E-state index >= 15 is 0 Å². The Hall–Kier alpha value is 0.610. The van der Waals surface area contributed by atoms with Gasteiger partial charge in [0.2, 0.25) is 0 Å². The van der Waals surface area contributed by atoms with Gasteiger partial charge in [-0.2, -0.15) is 0 Å². The Morgan fingerprint density at radius 1 is 1.00 bits per heavy atom. The van der Waals surface area contributed by atoms with Gasteiger partial charge in [0, 0.05) is 23.2 Å². The van der Waals surface area contributed by atoms with Crippen molar-refractivity contribution < 1.29 is 15.3 Å². The van der Waals surface area contributed by atoms with Gasteiger partial charge in [0.25, 0.3) is 0 Å². The predicted octanol–water partition coefficient (Wildman–Crippen LogP) is 1.37. The lowest BCUT2D eigenvalue weighted by molar-refractivity contribution is -0.198. The second-order valence-corrected chi connectivity index (χ2v) is 7.42. The topological polar surface area (TPSA) is 60.7 Å². The number of rotatable bonds is 1. The number of aliphatic hydroxyl groups is 3. The molecule has 0 aromatic rings. The molecule has 3 atom stereocenters. The summed E-state index contributed by atoms with van der Waals surface area (Å²) in [6.07, 6.45) is 3.53. The van der Waals surface area contributed by atoms with Gasteiger partial charge in [-0.05, 0) is 19.3 Å². The van der Waals surface area contributed by atoms with Crippen molar-refractivity contribution in [3.8, 4) is 0 Å². The molecule has 15 heavy (non-hydrogen) atoms. The molecule has 0 aromatic heterocycles.